The van der Waals surface area contributed by atoms with Crippen LogP contribution in [0.25, 0.3) is 11.1 Å². The Morgan fingerprint density at radius 1 is 0.952 bits per heavy atom. The van der Waals surface area contributed by atoms with Crippen LogP contribution in [-0.4, -0.2) is 32.5 Å². The van der Waals surface area contributed by atoms with Gasteiger partial charge in [0.15, 0.2) is 0 Å². The van der Waals surface area contributed by atoms with E-state index in [1.807, 2.05) is 24.3 Å². The van der Waals surface area contributed by atoms with Crippen LogP contribution in [0.1, 0.15) is 62.2 Å². The molecule has 0 spiro atoms. The molecule has 1 heterocycles. The number of carboxylic acid groups (broad SMARTS) is 1. The molecule has 7 nitrogen and oxygen atoms in total. The number of hydrogen-bond donors (Lipinski definition) is 1. The third-order valence-electron chi connectivity index (χ3n) is 7.39. The predicted octanol–water partition coefficient (Wildman–Crippen LogP) is 6.44. The van der Waals surface area contributed by atoms with Crippen molar-refractivity contribution in [3.05, 3.63) is 105 Å². The molecule has 0 aliphatic carbocycles. The molecular weight excluding hydrogens is 540 g/mol. The SMILES string of the molecule is CCn1c(CCC(F)(F)c2ccc(-c3ccc(OC)c(CC(=O)O)c3)cc2)nn(Cc2ccc(C(C)(C)C)cc2)c1=O. The molecule has 0 saturated carbocycles. The fraction of sp³-hybridized carbons (Fsp3) is 0.364. The summed E-state index contributed by atoms with van der Waals surface area (Å²) in [5, 5.41) is 13.6. The van der Waals surface area contributed by atoms with Gasteiger partial charge >= 0.3 is 11.7 Å². The van der Waals surface area contributed by atoms with Crippen molar-refractivity contribution in [2.45, 2.75) is 71.4 Å². The second-order valence-electron chi connectivity index (χ2n) is 11.4. The summed E-state index contributed by atoms with van der Waals surface area (Å²) in [6, 6.07) is 19.1. The van der Waals surface area contributed by atoms with E-state index in [2.05, 4.69) is 25.9 Å². The number of rotatable bonds is 11. The molecule has 0 bridgehead atoms. The van der Waals surface area contributed by atoms with Gasteiger partial charge in [-0.1, -0.05) is 75.4 Å². The highest BCUT2D eigenvalue weighted by Crippen LogP contribution is 2.35. The number of alkyl halides is 2. The Labute approximate surface area is 244 Å². The third kappa shape index (κ3) is 6.95. The van der Waals surface area contributed by atoms with Gasteiger partial charge < -0.3 is 9.84 Å². The molecule has 4 rings (SSSR count). The summed E-state index contributed by atoms with van der Waals surface area (Å²) >= 11 is 0. The number of aromatic nitrogens is 3. The summed E-state index contributed by atoms with van der Waals surface area (Å²) in [5.74, 6) is -3.35. The van der Waals surface area contributed by atoms with Crippen molar-refractivity contribution in [1.29, 1.82) is 0 Å². The van der Waals surface area contributed by atoms with E-state index in [0.717, 1.165) is 5.56 Å². The Hall–Kier alpha value is -4.27. The third-order valence-corrected chi connectivity index (χ3v) is 7.39. The lowest BCUT2D eigenvalue weighted by atomic mass is 9.87. The van der Waals surface area contributed by atoms with Crippen molar-refractivity contribution >= 4 is 5.97 Å². The van der Waals surface area contributed by atoms with E-state index < -0.39 is 18.3 Å². The zero-order chi connectivity index (χ0) is 30.7. The summed E-state index contributed by atoms with van der Waals surface area (Å²) in [6.07, 6.45) is -0.783. The number of nitrogens with zero attached hydrogens (tertiary/aromatic N) is 3. The monoisotopic (exact) mass is 577 g/mol. The van der Waals surface area contributed by atoms with E-state index >= 15 is 8.78 Å². The summed E-state index contributed by atoms with van der Waals surface area (Å²) in [5.41, 5.74) is 3.52. The van der Waals surface area contributed by atoms with Crippen molar-refractivity contribution < 1.29 is 23.4 Å². The lowest BCUT2D eigenvalue weighted by Gasteiger charge is -2.19. The maximum Gasteiger partial charge on any atom is 0.346 e. The largest absolute Gasteiger partial charge is 0.496 e. The van der Waals surface area contributed by atoms with Gasteiger partial charge in [-0.05, 0) is 46.7 Å². The molecule has 4 aromatic rings. The molecule has 0 fully saturated rings. The van der Waals surface area contributed by atoms with Crippen molar-refractivity contribution in [3.8, 4) is 16.9 Å². The molecule has 0 aliphatic rings. The molecule has 42 heavy (non-hydrogen) atoms. The summed E-state index contributed by atoms with van der Waals surface area (Å²) in [7, 11) is 1.47. The molecule has 222 valence electrons. The average Bonchev–Trinajstić information content (AvgIpc) is 3.25. The van der Waals surface area contributed by atoms with Gasteiger partial charge in [-0.3, -0.25) is 9.36 Å². The minimum atomic E-state index is -3.14. The average molecular weight is 578 g/mol. The molecule has 0 unspecified atom stereocenters. The number of carboxylic acids is 1. The van der Waals surface area contributed by atoms with Gasteiger partial charge in [-0.2, -0.15) is 5.10 Å². The second kappa shape index (κ2) is 12.3. The predicted molar refractivity (Wildman–Crippen MR) is 158 cm³/mol. The molecule has 1 aromatic heterocycles. The van der Waals surface area contributed by atoms with Crippen LogP contribution in [0.2, 0.25) is 0 Å². The quantitative estimate of drug-likeness (QED) is 0.222. The Kier molecular flexibility index (Phi) is 8.99. The number of methoxy groups -OCH3 is 1. The smallest absolute Gasteiger partial charge is 0.346 e. The lowest BCUT2D eigenvalue weighted by Crippen LogP contribution is -2.25. The van der Waals surface area contributed by atoms with Crippen LogP contribution in [0.15, 0.2) is 71.5 Å². The van der Waals surface area contributed by atoms with Crippen molar-refractivity contribution in [2.24, 2.45) is 0 Å². The van der Waals surface area contributed by atoms with Gasteiger partial charge in [0.2, 0.25) is 0 Å². The van der Waals surface area contributed by atoms with Crippen molar-refractivity contribution in [1.82, 2.24) is 14.3 Å². The van der Waals surface area contributed by atoms with Gasteiger partial charge in [-0.15, -0.1) is 0 Å². The fourth-order valence-electron chi connectivity index (χ4n) is 4.95. The highest BCUT2D eigenvalue weighted by Gasteiger charge is 2.32. The lowest BCUT2D eigenvalue weighted by molar-refractivity contribution is -0.136. The number of aryl methyl sites for hydroxylation is 1. The first kappa shape index (κ1) is 30.7. The highest BCUT2D eigenvalue weighted by molar-refractivity contribution is 5.74. The number of aliphatic carboxylic acids is 1. The molecule has 0 saturated heterocycles. The van der Waals surface area contributed by atoms with Gasteiger partial charge in [-0.25, -0.2) is 18.3 Å². The number of hydrogen-bond acceptors (Lipinski definition) is 4. The van der Waals surface area contributed by atoms with E-state index in [1.54, 1.807) is 37.3 Å². The fourth-order valence-corrected chi connectivity index (χ4v) is 4.95. The normalized spacial score (nSPS) is 12.0. The first-order valence-corrected chi connectivity index (χ1v) is 14.0. The summed E-state index contributed by atoms with van der Waals surface area (Å²) in [4.78, 5) is 24.2. The molecule has 3 aromatic carbocycles. The van der Waals surface area contributed by atoms with Gasteiger partial charge in [0.25, 0.3) is 5.92 Å². The Bertz CT molecular complexity index is 1600. The molecule has 0 aliphatic heterocycles. The second-order valence-corrected chi connectivity index (χ2v) is 11.4. The Morgan fingerprint density at radius 3 is 2.14 bits per heavy atom. The van der Waals surface area contributed by atoms with E-state index in [-0.39, 0.29) is 36.1 Å². The zero-order valence-electron chi connectivity index (χ0n) is 24.7. The summed E-state index contributed by atoms with van der Waals surface area (Å²) < 4.78 is 38.6. The molecular formula is C33H37F2N3O4. The van der Waals surface area contributed by atoms with Crippen molar-refractivity contribution in [2.75, 3.05) is 7.11 Å². The van der Waals surface area contributed by atoms with Crippen LogP contribution in [0.4, 0.5) is 8.78 Å². The van der Waals surface area contributed by atoms with Crippen molar-refractivity contribution in [3.63, 3.8) is 0 Å². The maximum absolute atomic E-state index is 15.3. The van der Waals surface area contributed by atoms with Gasteiger partial charge in [0, 0.05) is 30.5 Å². The minimum Gasteiger partial charge on any atom is -0.496 e. The van der Waals surface area contributed by atoms with Crippen LogP contribution in [0.3, 0.4) is 0 Å². The standard InChI is InChI=1S/C33H37F2N3O4/c1-6-37-29(36-38(31(37)41)21-22-7-12-26(13-8-22)32(2,3)4)17-18-33(34,35)27-14-9-23(10-15-27)24-11-16-28(42-5)25(19-24)20-30(39)40/h7-16,19H,6,17-18,20-21H2,1-5H3,(H,39,40). The van der Waals surface area contributed by atoms with E-state index in [4.69, 9.17) is 4.74 Å². The molecule has 0 radical (unpaired) electrons. The number of carbonyl (C=O) groups is 1. The first-order chi connectivity index (χ1) is 19.8. The van der Waals surface area contributed by atoms with E-state index in [9.17, 15) is 14.7 Å². The zero-order valence-corrected chi connectivity index (χ0v) is 24.7. The van der Waals surface area contributed by atoms with E-state index in [0.29, 0.717) is 34.8 Å². The summed E-state index contributed by atoms with van der Waals surface area (Å²) in [6.45, 7) is 8.79. The number of ether oxygens (including phenoxy) is 1. The van der Waals surface area contributed by atoms with Gasteiger partial charge in [0.1, 0.15) is 11.6 Å². The number of benzene rings is 3. The van der Waals surface area contributed by atoms with Crippen LogP contribution in [-0.2, 0) is 42.1 Å². The van der Waals surface area contributed by atoms with Crippen LogP contribution >= 0.6 is 0 Å². The van der Waals surface area contributed by atoms with Crippen LogP contribution < -0.4 is 10.4 Å². The molecule has 1 N–H and O–H groups in total. The molecule has 9 heteroatoms. The van der Waals surface area contributed by atoms with Crippen LogP contribution in [0, 0.1) is 0 Å². The minimum absolute atomic E-state index is 0.0129. The number of halogens is 2. The van der Waals surface area contributed by atoms with Gasteiger partial charge in [0.05, 0.1) is 20.1 Å². The Morgan fingerprint density at radius 2 is 1.57 bits per heavy atom. The first-order valence-electron chi connectivity index (χ1n) is 14.0. The maximum atomic E-state index is 15.3. The van der Waals surface area contributed by atoms with E-state index in [1.165, 1.54) is 34.1 Å². The van der Waals surface area contributed by atoms with Crippen LogP contribution in [0.5, 0.6) is 5.75 Å². The topological polar surface area (TPSA) is 86.3 Å². The highest BCUT2D eigenvalue weighted by atomic mass is 19.3. The molecule has 0 atom stereocenters. The molecule has 0 amide bonds. The Balaban J connectivity index is 1.48.